The molecule has 262 valence electrons. The standard InChI is InChI=1S/C33H44ClN11O3S/c1-6-22-20-27(32(48-5)41-31(22)45-14-10-23(11-15-45)44-18-16-42(3)17-19-44)39-33-37-21-24(34)30(40-33)38-26-9-8-25-28(36-13-12-35-25)29(26)43(4)49(46,47)7-2/h8-9,12-13,20-21,23H,6-7,10-11,14-19H2,1-5H3,(H2,37,38,39,40). The van der Waals surface area contributed by atoms with Crippen molar-refractivity contribution in [3.63, 3.8) is 0 Å². The van der Waals surface area contributed by atoms with Crippen molar-refractivity contribution in [2.75, 3.05) is 86.1 Å². The van der Waals surface area contributed by atoms with Gasteiger partial charge < -0.3 is 25.2 Å². The van der Waals surface area contributed by atoms with Gasteiger partial charge in [0.2, 0.25) is 21.9 Å². The van der Waals surface area contributed by atoms with Gasteiger partial charge in [-0.3, -0.25) is 19.2 Å². The predicted octanol–water partition coefficient (Wildman–Crippen LogP) is 4.53. The summed E-state index contributed by atoms with van der Waals surface area (Å²) in [6, 6.07) is 6.14. The molecule has 49 heavy (non-hydrogen) atoms. The molecule has 0 radical (unpaired) electrons. The zero-order chi connectivity index (χ0) is 34.7. The van der Waals surface area contributed by atoms with E-state index in [1.165, 1.54) is 23.7 Å². The van der Waals surface area contributed by atoms with Crippen LogP contribution in [-0.2, 0) is 16.4 Å². The number of sulfonamides is 1. The monoisotopic (exact) mass is 709 g/mol. The molecule has 0 aliphatic carbocycles. The fourth-order valence-electron chi connectivity index (χ4n) is 6.48. The van der Waals surface area contributed by atoms with Crippen molar-refractivity contribution in [1.82, 2.24) is 34.7 Å². The Labute approximate surface area is 292 Å². The second kappa shape index (κ2) is 14.8. The van der Waals surface area contributed by atoms with Crippen LogP contribution >= 0.6 is 11.6 Å². The molecular weight excluding hydrogens is 666 g/mol. The maximum Gasteiger partial charge on any atom is 0.239 e. The van der Waals surface area contributed by atoms with Crippen LogP contribution in [0.1, 0.15) is 32.3 Å². The first kappa shape index (κ1) is 34.8. The number of ether oxygens (including phenoxy) is 1. The van der Waals surface area contributed by atoms with Crippen molar-refractivity contribution >= 4 is 67.3 Å². The topological polar surface area (TPSA) is 145 Å². The number of hydrogen-bond donors (Lipinski definition) is 2. The smallest absolute Gasteiger partial charge is 0.239 e. The number of fused-ring (bicyclic) bond motifs is 1. The number of nitrogens with one attached hydrogen (secondary N) is 2. The van der Waals surface area contributed by atoms with Gasteiger partial charge in [-0.1, -0.05) is 18.5 Å². The van der Waals surface area contributed by atoms with Crippen molar-refractivity contribution in [3.8, 4) is 5.88 Å². The fraction of sp³-hybridized carbons (Fsp3) is 0.485. The van der Waals surface area contributed by atoms with E-state index in [-0.39, 0.29) is 22.5 Å². The van der Waals surface area contributed by atoms with E-state index in [4.69, 9.17) is 21.3 Å². The third-order valence-electron chi connectivity index (χ3n) is 9.39. The number of benzene rings is 1. The van der Waals surface area contributed by atoms with E-state index in [1.54, 1.807) is 32.4 Å². The summed E-state index contributed by atoms with van der Waals surface area (Å²) in [6.45, 7) is 10.1. The minimum Gasteiger partial charge on any atom is -0.479 e. The van der Waals surface area contributed by atoms with E-state index in [0.717, 1.165) is 69.9 Å². The number of likely N-dealkylation sites (N-methyl/N-ethyl adjacent to an activating group) is 1. The molecule has 2 saturated heterocycles. The van der Waals surface area contributed by atoms with Gasteiger partial charge >= 0.3 is 0 Å². The SMILES string of the molecule is CCc1cc(Nc2ncc(Cl)c(Nc3ccc4nccnc4c3N(C)S(=O)(=O)CC)n2)c(OC)nc1N1CCC(N2CCN(C)CC2)CC1. The maximum atomic E-state index is 13.0. The van der Waals surface area contributed by atoms with Gasteiger partial charge in [0.25, 0.3) is 0 Å². The largest absolute Gasteiger partial charge is 0.479 e. The highest BCUT2D eigenvalue weighted by atomic mass is 35.5. The quantitative estimate of drug-likeness (QED) is 0.225. The van der Waals surface area contributed by atoms with Crippen LogP contribution in [0.25, 0.3) is 11.0 Å². The molecular formula is C33H44ClN11O3S. The highest BCUT2D eigenvalue weighted by molar-refractivity contribution is 7.92. The van der Waals surface area contributed by atoms with Crippen LogP contribution in [0.15, 0.2) is 36.8 Å². The molecule has 16 heteroatoms. The van der Waals surface area contributed by atoms with Crippen LogP contribution in [0.4, 0.5) is 34.6 Å². The Morgan fingerprint density at radius 2 is 1.71 bits per heavy atom. The molecule has 2 aliphatic rings. The second-order valence-electron chi connectivity index (χ2n) is 12.3. The molecule has 3 aromatic heterocycles. The van der Waals surface area contributed by atoms with Gasteiger partial charge in [0.1, 0.15) is 27.7 Å². The summed E-state index contributed by atoms with van der Waals surface area (Å²) in [6.07, 6.45) is 7.56. The molecule has 6 rings (SSSR count). The highest BCUT2D eigenvalue weighted by Crippen LogP contribution is 2.38. The predicted molar refractivity (Wildman–Crippen MR) is 195 cm³/mol. The van der Waals surface area contributed by atoms with E-state index in [0.29, 0.717) is 40.0 Å². The van der Waals surface area contributed by atoms with E-state index in [2.05, 4.69) is 59.2 Å². The molecule has 2 N–H and O–H groups in total. The minimum absolute atomic E-state index is 0.0920. The van der Waals surface area contributed by atoms with Gasteiger partial charge in [-0.15, -0.1) is 0 Å². The maximum absolute atomic E-state index is 13.0. The van der Waals surface area contributed by atoms with Crippen molar-refractivity contribution < 1.29 is 13.2 Å². The lowest BCUT2D eigenvalue weighted by Gasteiger charge is -2.42. The van der Waals surface area contributed by atoms with Crippen LogP contribution in [-0.4, -0.2) is 115 Å². The van der Waals surface area contributed by atoms with E-state index in [9.17, 15) is 8.42 Å². The number of aromatic nitrogens is 5. The van der Waals surface area contributed by atoms with Crippen LogP contribution in [0.3, 0.4) is 0 Å². The molecule has 0 saturated carbocycles. The summed E-state index contributed by atoms with van der Waals surface area (Å²) in [4.78, 5) is 30.3. The number of pyridine rings is 1. The summed E-state index contributed by atoms with van der Waals surface area (Å²) >= 11 is 6.57. The Hall–Kier alpha value is -4.05. The summed E-state index contributed by atoms with van der Waals surface area (Å²) < 4.78 is 32.9. The number of anilines is 6. The Morgan fingerprint density at radius 1 is 0.980 bits per heavy atom. The molecule has 5 heterocycles. The molecule has 14 nitrogen and oxygen atoms in total. The molecule has 0 atom stereocenters. The molecule has 2 fully saturated rings. The van der Waals surface area contributed by atoms with Crippen LogP contribution < -0.4 is 24.6 Å². The number of aryl methyl sites for hydroxylation is 1. The number of nitrogens with zero attached hydrogens (tertiary/aromatic N) is 9. The molecule has 1 aromatic carbocycles. The number of hydrogen-bond acceptors (Lipinski definition) is 13. The molecule has 2 aliphatic heterocycles. The normalized spacial score (nSPS) is 16.6. The number of halogens is 1. The summed E-state index contributed by atoms with van der Waals surface area (Å²) in [5, 5.41) is 6.72. The van der Waals surface area contributed by atoms with Gasteiger partial charge in [-0.05, 0) is 57.0 Å². The van der Waals surface area contributed by atoms with Crippen LogP contribution in [0.2, 0.25) is 5.02 Å². The Bertz CT molecular complexity index is 1900. The van der Waals surface area contributed by atoms with Crippen LogP contribution in [0, 0.1) is 0 Å². The number of methoxy groups -OCH3 is 1. The molecule has 0 bridgehead atoms. The average Bonchev–Trinajstić information content (AvgIpc) is 3.12. The lowest BCUT2D eigenvalue weighted by Crippen LogP contribution is -2.52. The van der Waals surface area contributed by atoms with E-state index in [1.807, 2.05) is 6.07 Å². The zero-order valence-electron chi connectivity index (χ0n) is 28.6. The van der Waals surface area contributed by atoms with Gasteiger partial charge in [-0.25, -0.2) is 13.4 Å². The first-order valence-corrected chi connectivity index (χ1v) is 18.6. The average molecular weight is 710 g/mol. The third-order valence-corrected chi connectivity index (χ3v) is 11.4. The van der Waals surface area contributed by atoms with Gasteiger partial charge in [-0.2, -0.15) is 9.97 Å². The van der Waals surface area contributed by atoms with Gasteiger partial charge in [0, 0.05) is 64.8 Å². The molecule has 0 unspecified atom stereocenters. The number of piperidine rings is 1. The van der Waals surface area contributed by atoms with E-state index >= 15 is 0 Å². The summed E-state index contributed by atoms with van der Waals surface area (Å²) in [5.74, 6) is 1.81. The zero-order valence-corrected chi connectivity index (χ0v) is 30.2. The summed E-state index contributed by atoms with van der Waals surface area (Å²) in [7, 11) is 1.65. The Kier molecular flexibility index (Phi) is 10.5. The number of piperazine rings is 1. The summed E-state index contributed by atoms with van der Waals surface area (Å²) in [5.41, 5.74) is 3.45. The van der Waals surface area contributed by atoms with Crippen molar-refractivity contribution in [2.24, 2.45) is 0 Å². The van der Waals surface area contributed by atoms with Crippen molar-refractivity contribution in [1.29, 1.82) is 0 Å². The lowest BCUT2D eigenvalue weighted by molar-refractivity contribution is 0.0981. The first-order chi connectivity index (χ1) is 23.6. The first-order valence-electron chi connectivity index (χ1n) is 16.6. The molecule has 0 amide bonds. The number of rotatable bonds is 11. The van der Waals surface area contributed by atoms with Crippen molar-refractivity contribution in [2.45, 2.75) is 39.2 Å². The molecule has 4 aromatic rings. The van der Waals surface area contributed by atoms with Crippen LogP contribution in [0.5, 0.6) is 5.88 Å². The molecule has 0 spiro atoms. The minimum atomic E-state index is -3.63. The van der Waals surface area contributed by atoms with Gasteiger partial charge in [0.05, 0.1) is 30.3 Å². The van der Waals surface area contributed by atoms with E-state index < -0.39 is 10.0 Å². The highest BCUT2D eigenvalue weighted by Gasteiger charge is 2.29. The van der Waals surface area contributed by atoms with Gasteiger partial charge in [0.15, 0.2) is 5.82 Å². The third kappa shape index (κ3) is 7.44. The Balaban J connectivity index is 1.24. The fourth-order valence-corrected chi connectivity index (χ4v) is 7.46. The lowest BCUT2D eigenvalue weighted by atomic mass is 10.0. The second-order valence-corrected chi connectivity index (χ2v) is 15.0. The van der Waals surface area contributed by atoms with Crippen molar-refractivity contribution in [3.05, 3.63) is 47.4 Å². The Morgan fingerprint density at radius 3 is 2.41 bits per heavy atom.